The maximum absolute atomic E-state index is 12.0. The van der Waals surface area contributed by atoms with Gasteiger partial charge in [0.25, 0.3) is 11.8 Å². The summed E-state index contributed by atoms with van der Waals surface area (Å²) >= 11 is 0. The van der Waals surface area contributed by atoms with Crippen LogP contribution in [0.1, 0.15) is 39.5 Å². The van der Waals surface area contributed by atoms with E-state index in [0.717, 1.165) is 30.6 Å². The number of carbonyl (C=O) groups excluding carboxylic acids is 4. The molecule has 2 heterocycles. The van der Waals surface area contributed by atoms with Crippen LogP contribution in [0, 0.1) is 0 Å². The fourth-order valence-electron chi connectivity index (χ4n) is 2.69. The Kier molecular flexibility index (Phi) is 5.23. The first-order chi connectivity index (χ1) is 10.8. The summed E-state index contributed by atoms with van der Waals surface area (Å²) < 4.78 is 4.92. The van der Waals surface area contributed by atoms with E-state index in [4.69, 9.17) is 4.74 Å². The number of hydrogen-bond acceptors (Lipinski definition) is 5. The highest BCUT2D eigenvalue weighted by molar-refractivity contribution is 6.08. The first-order valence-electron chi connectivity index (χ1n) is 7.89. The van der Waals surface area contributed by atoms with E-state index in [1.165, 1.54) is 0 Å². The number of imide groups is 1. The largest absolute Gasteiger partial charge is 0.454 e. The number of amides is 4. The van der Waals surface area contributed by atoms with Gasteiger partial charge in [0, 0.05) is 13.1 Å². The summed E-state index contributed by atoms with van der Waals surface area (Å²) in [5.74, 6) is -1.49. The zero-order chi connectivity index (χ0) is 17.0. The molecular formula is C15H23N3O5. The molecule has 2 aliphatic rings. The van der Waals surface area contributed by atoms with Crippen LogP contribution in [0.4, 0.5) is 4.79 Å². The summed E-state index contributed by atoms with van der Waals surface area (Å²) in [6.45, 7) is 3.63. The molecule has 0 aromatic heterocycles. The SMILES string of the molecule is CC1(C)NC(=O)N(CC(=O)OCC(=O)N2CCCCCC2)C1=O. The van der Waals surface area contributed by atoms with E-state index in [0.29, 0.717) is 13.1 Å². The van der Waals surface area contributed by atoms with Gasteiger partial charge in [-0.2, -0.15) is 0 Å². The van der Waals surface area contributed by atoms with Crippen molar-refractivity contribution >= 4 is 23.8 Å². The molecule has 2 fully saturated rings. The smallest absolute Gasteiger partial charge is 0.326 e. The fraction of sp³-hybridized carbons (Fsp3) is 0.733. The summed E-state index contributed by atoms with van der Waals surface area (Å²) in [7, 11) is 0. The molecular weight excluding hydrogens is 302 g/mol. The molecule has 2 rings (SSSR count). The van der Waals surface area contributed by atoms with Crippen LogP contribution < -0.4 is 5.32 Å². The van der Waals surface area contributed by atoms with E-state index >= 15 is 0 Å². The minimum Gasteiger partial charge on any atom is -0.454 e. The Hall–Kier alpha value is -2.12. The molecule has 4 amide bonds. The number of ether oxygens (including phenoxy) is 1. The van der Waals surface area contributed by atoms with Crippen LogP contribution in [-0.2, 0) is 19.1 Å². The molecule has 8 nitrogen and oxygen atoms in total. The van der Waals surface area contributed by atoms with Crippen LogP contribution >= 0.6 is 0 Å². The van der Waals surface area contributed by atoms with Gasteiger partial charge in [0.1, 0.15) is 12.1 Å². The Labute approximate surface area is 135 Å². The van der Waals surface area contributed by atoms with Crippen molar-refractivity contribution in [3.05, 3.63) is 0 Å². The van der Waals surface area contributed by atoms with Gasteiger partial charge in [0.05, 0.1) is 0 Å². The molecule has 1 N–H and O–H groups in total. The van der Waals surface area contributed by atoms with E-state index in [1.54, 1.807) is 18.7 Å². The molecule has 0 radical (unpaired) electrons. The monoisotopic (exact) mass is 325 g/mol. The van der Waals surface area contributed by atoms with Crippen molar-refractivity contribution < 1.29 is 23.9 Å². The average Bonchev–Trinajstić information content (AvgIpc) is 2.72. The predicted octanol–water partition coefficient (Wildman–Crippen LogP) is 0.263. The lowest BCUT2D eigenvalue weighted by Gasteiger charge is -2.20. The van der Waals surface area contributed by atoms with Crippen LogP contribution in [-0.4, -0.2) is 65.4 Å². The summed E-state index contributed by atoms with van der Waals surface area (Å²) in [6, 6.07) is -0.629. The van der Waals surface area contributed by atoms with E-state index < -0.39 is 30.0 Å². The molecule has 0 unspecified atom stereocenters. The van der Waals surface area contributed by atoms with E-state index in [9.17, 15) is 19.2 Å². The predicted molar refractivity (Wildman–Crippen MR) is 80.3 cm³/mol. The molecule has 2 saturated heterocycles. The molecule has 2 aliphatic heterocycles. The van der Waals surface area contributed by atoms with Crippen molar-refractivity contribution in [2.75, 3.05) is 26.2 Å². The van der Waals surface area contributed by atoms with Crippen LogP contribution in [0.25, 0.3) is 0 Å². The highest BCUT2D eigenvalue weighted by atomic mass is 16.5. The summed E-state index contributed by atoms with van der Waals surface area (Å²) in [5.41, 5.74) is -1.03. The zero-order valence-corrected chi connectivity index (χ0v) is 13.6. The van der Waals surface area contributed by atoms with Gasteiger partial charge in [-0.15, -0.1) is 0 Å². The number of hydrogen-bond donors (Lipinski definition) is 1. The molecule has 0 spiro atoms. The number of likely N-dealkylation sites (tertiary alicyclic amines) is 1. The minimum atomic E-state index is -1.03. The fourth-order valence-corrected chi connectivity index (χ4v) is 2.69. The van der Waals surface area contributed by atoms with Crippen molar-refractivity contribution in [2.24, 2.45) is 0 Å². The van der Waals surface area contributed by atoms with Gasteiger partial charge in [0.2, 0.25) is 0 Å². The van der Waals surface area contributed by atoms with Crippen molar-refractivity contribution in [1.82, 2.24) is 15.1 Å². The Morgan fingerprint density at radius 1 is 1.13 bits per heavy atom. The highest BCUT2D eigenvalue weighted by Crippen LogP contribution is 2.16. The number of nitrogens with one attached hydrogen (secondary N) is 1. The highest BCUT2D eigenvalue weighted by Gasteiger charge is 2.45. The molecule has 0 bridgehead atoms. The lowest BCUT2D eigenvalue weighted by molar-refractivity contribution is -0.153. The second-order valence-corrected chi connectivity index (χ2v) is 6.40. The summed E-state index contributed by atoms with van der Waals surface area (Å²) in [4.78, 5) is 49.9. The van der Waals surface area contributed by atoms with Crippen molar-refractivity contribution in [3.8, 4) is 0 Å². The van der Waals surface area contributed by atoms with Gasteiger partial charge in [-0.3, -0.25) is 19.3 Å². The molecule has 0 aliphatic carbocycles. The van der Waals surface area contributed by atoms with Crippen molar-refractivity contribution in [3.63, 3.8) is 0 Å². The molecule has 0 atom stereocenters. The first-order valence-corrected chi connectivity index (χ1v) is 7.89. The van der Waals surface area contributed by atoms with Crippen LogP contribution in [0.15, 0.2) is 0 Å². The lowest BCUT2D eigenvalue weighted by Crippen LogP contribution is -2.41. The average molecular weight is 325 g/mol. The number of carbonyl (C=O) groups is 4. The number of urea groups is 1. The zero-order valence-electron chi connectivity index (χ0n) is 13.6. The van der Waals surface area contributed by atoms with Crippen molar-refractivity contribution in [1.29, 1.82) is 0 Å². The molecule has 0 saturated carbocycles. The second kappa shape index (κ2) is 6.97. The Bertz CT molecular complexity index is 509. The van der Waals surface area contributed by atoms with Gasteiger partial charge in [0.15, 0.2) is 6.61 Å². The quantitative estimate of drug-likeness (QED) is 0.591. The second-order valence-electron chi connectivity index (χ2n) is 6.40. The van der Waals surface area contributed by atoms with Gasteiger partial charge < -0.3 is 15.0 Å². The lowest BCUT2D eigenvalue weighted by atomic mass is 10.1. The van der Waals surface area contributed by atoms with Crippen LogP contribution in [0.5, 0.6) is 0 Å². The van der Waals surface area contributed by atoms with E-state index in [2.05, 4.69) is 5.32 Å². The van der Waals surface area contributed by atoms with Gasteiger partial charge in [-0.25, -0.2) is 4.79 Å². The first kappa shape index (κ1) is 17.2. The molecule has 0 aromatic rings. The van der Waals surface area contributed by atoms with Gasteiger partial charge >= 0.3 is 12.0 Å². The molecule has 8 heteroatoms. The third-order valence-corrected chi connectivity index (χ3v) is 4.05. The number of nitrogens with zero attached hydrogens (tertiary/aromatic N) is 2. The normalized spacial score (nSPS) is 21.0. The Morgan fingerprint density at radius 2 is 1.74 bits per heavy atom. The van der Waals surface area contributed by atoms with E-state index in [1.807, 2.05) is 0 Å². The van der Waals surface area contributed by atoms with Crippen LogP contribution in [0.2, 0.25) is 0 Å². The Morgan fingerprint density at radius 3 is 2.26 bits per heavy atom. The molecule has 0 aromatic carbocycles. The maximum atomic E-state index is 12.0. The summed E-state index contributed by atoms with van der Waals surface area (Å²) in [6.07, 6.45) is 4.12. The third kappa shape index (κ3) is 4.20. The maximum Gasteiger partial charge on any atom is 0.326 e. The molecule has 128 valence electrons. The van der Waals surface area contributed by atoms with Gasteiger partial charge in [-0.05, 0) is 26.7 Å². The van der Waals surface area contributed by atoms with Gasteiger partial charge in [-0.1, -0.05) is 12.8 Å². The van der Waals surface area contributed by atoms with E-state index in [-0.39, 0.29) is 12.5 Å². The number of esters is 1. The number of rotatable bonds is 4. The third-order valence-electron chi connectivity index (χ3n) is 4.05. The Balaban J connectivity index is 1.80. The minimum absolute atomic E-state index is 0.238. The molecule has 23 heavy (non-hydrogen) atoms. The standard InChI is InChI=1S/C15H23N3O5/c1-15(2)13(21)18(14(22)16-15)9-12(20)23-10-11(19)17-7-5-3-4-6-8-17/h3-10H2,1-2H3,(H,16,22). The topological polar surface area (TPSA) is 96.0 Å². The van der Waals surface area contributed by atoms with Crippen molar-refractivity contribution in [2.45, 2.75) is 45.1 Å². The summed E-state index contributed by atoms with van der Waals surface area (Å²) in [5, 5.41) is 2.48. The van der Waals surface area contributed by atoms with Crippen LogP contribution in [0.3, 0.4) is 0 Å².